The highest BCUT2D eigenvalue weighted by Gasteiger charge is 2.12. The molecular formula is C25H24FNO2S. The number of amides is 1. The van der Waals surface area contributed by atoms with Gasteiger partial charge in [0.1, 0.15) is 11.6 Å². The number of ether oxygens (including phenoxy) is 1. The quantitative estimate of drug-likeness (QED) is 0.285. The number of halogens is 1. The molecule has 0 bridgehead atoms. The van der Waals surface area contributed by atoms with Gasteiger partial charge in [-0.15, -0.1) is 0 Å². The number of thioether (sulfide) groups is 1. The molecule has 0 saturated heterocycles. The molecule has 0 aliphatic carbocycles. The van der Waals surface area contributed by atoms with Crippen molar-refractivity contribution in [3.63, 3.8) is 0 Å². The average Bonchev–Trinajstić information content (AvgIpc) is 2.79. The monoisotopic (exact) mass is 421 g/mol. The van der Waals surface area contributed by atoms with E-state index >= 15 is 0 Å². The summed E-state index contributed by atoms with van der Waals surface area (Å²) in [5, 5.41) is 2.98. The van der Waals surface area contributed by atoms with Gasteiger partial charge in [-0.05, 0) is 41.0 Å². The van der Waals surface area contributed by atoms with E-state index in [-0.39, 0.29) is 11.7 Å². The van der Waals surface area contributed by atoms with E-state index in [0.717, 1.165) is 16.9 Å². The molecule has 0 aliphatic rings. The summed E-state index contributed by atoms with van der Waals surface area (Å²) in [6.07, 6.45) is 1.87. The largest absolute Gasteiger partial charge is 0.497 e. The first-order valence-corrected chi connectivity index (χ1v) is 10.8. The third kappa shape index (κ3) is 6.22. The summed E-state index contributed by atoms with van der Waals surface area (Å²) < 4.78 is 18.9. The Bertz CT molecular complexity index is 988. The fourth-order valence-corrected chi connectivity index (χ4v) is 3.74. The maximum Gasteiger partial charge on any atom is 0.251 e. The van der Waals surface area contributed by atoms with E-state index in [0.29, 0.717) is 29.2 Å². The van der Waals surface area contributed by atoms with E-state index in [1.165, 1.54) is 6.07 Å². The van der Waals surface area contributed by atoms with Gasteiger partial charge >= 0.3 is 0 Å². The Hall–Kier alpha value is -3.05. The zero-order chi connectivity index (χ0) is 21.2. The standard InChI is InChI=1S/C25H24FNO2S/c1-29-22-13-11-19(12-14-22)17-23(20-7-3-2-4-8-20)25(28)27-15-16-30-18-21-9-5-6-10-24(21)26/h2-14,17H,15-16,18H2,1H3,(H,27,28)/b23-17+. The molecule has 0 radical (unpaired) electrons. The van der Waals surface area contributed by atoms with Crippen molar-refractivity contribution in [3.8, 4) is 5.75 Å². The van der Waals surface area contributed by atoms with Crippen LogP contribution >= 0.6 is 11.8 Å². The molecule has 154 valence electrons. The van der Waals surface area contributed by atoms with Crippen molar-refractivity contribution in [2.75, 3.05) is 19.4 Å². The van der Waals surface area contributed by atoms with Crippen molar-refractivity contribution in [1.29, 1.82) is 0 Å². The van der Waals surface area contributed by atoms with Crippen LogP contribution in [-0.4, -0.2) is 25.3 Å². The normalized spacial score (nSPS) is 11.2. The van der Waals surface area contributed by atoms with Crippen LogP contribution in [0, 0.1) is 5.82 Å². The third-order valence-electron chi connectivity index (χ3n) is 4.50. The first-order valence-electron chi connectivity index (χ1n) is 9.68. The van der Waals surface area contributed by atoms with Crippen LogP contribution in [0.25, 0.3) is 11.6 Å². The summed E-state index contributed by atoms with van der Waals surface area (Å²) in [6, 6.07) is 23.9. The van der Waals surface area contributed by atoms with Crippen molar-refractivity contribution >= 4 is 29.3 Å². The Labute approximate surface area is 181 Å². The second kappa shape index (κ2) is 11.2. The lowest BCUT2D eigenvalue weighted by molar-refractivity contribution is -0.115. The second-order valence-electron chi connectivity index (χ2n) is 6.60. The Morgan fingerprint density at radius 1 is 1.00 bits per heavy atom. The van der Waals surface area contributed by atoms with Crippen molar-refractivity contribution in [2.45, 2.75) is 5.75 Å². The summed E-state index contributed by atoms with van der Waals surface area (Å²) in [5.41, 5.74) is 3.04. The molecule has 0 saturated carbocycles. The maximum absolute atomic E-state index is 13.7. The van der Waals surface area contributed by atoms with Crippen LogP contribution < -0.4 is 10.1 Å². The highest BCUT2D eigenvalue weighted by Crippen LogP contribution is 2.21. The fraction of sp³-hybridized carbons (Fsp3) is 0.160. The Morgan fingerprint density at radius 2 is 1.70 bits per heavy atom. The van der Waals surface area contributed by atoms with Crippen LogP contribution in [-0.2, 0) is 10.5 Å². The highest BCUT2D eigenvalue weighted by molar-refractivity contribution is 7.98. The molecule has 0 atom stereocenters. The van der Waals surface area contributed by atoms with Crippen LogP contribution in [0.4, 0.5) is 4.39 Å². The minimum absolute atomic E-state index is 0.136. The molecule has 3 nitrogen and oxygen atoms in total. The van der Waals surface area contributed by atoms with Crippen molar-refractivity contribution in [2.24, 2.45) is 0 Å². The van der Waals surface area contributed by atoms with Crippen LogP contribution in [0.2, 0.25) is 0 Å². The summed E-state index contributed by atoms with van der Waals surface area (Å²) in [6.45, 7) is 0.505. The fourth-order valence-electron chi connectivity index (χ4n) is 2.89. The van der Waals surface area contributed by atoms with Crippen molar-refractivity contribution < 1.29 is 13.9 Å². The van der Waals surface area contributed by atoms with Gasteiger partial charge in [0.2, 0.25) is 0 Å². The average molecular weight is 422 g/mol. The predicted molar refractivity (Wildman–Crippen MR) is 123 cm³/mol. The molecule has 1 amide bonds. The molecule has 3 aromatic carbocycles. The SMILES string of the molecule is COc1ccc(/C=C(/C(=O)NCCSCc2ccccc2F)c2ccccc2)cc1. The molecule has 3 rings (SSSR count). The van der Waals surface area contributed by atoms with Crippen LogP contribution in [0.1, 0.15) is 16.7 Å². The molecule has 5 heteroatoms. The number of rotatable bonds is 9. The molecular weight excluding hydrogens is 397 g/mol. The van der Waals surface area contributed by atoms with E-state index in [2.05, 4.69) is 5.32 Å². The molecule has 0 heterocycles. The number of hydrogen-bond acceptors (Lipinski definition) is 3. The van der Waals surface area contributed by atoms with Gasteiger partial charge < -0.3 is 10.1 Å². The summed E-state index contributed by atoms with van der Waals surface area (Å²) in [5.74, 6) is 1.72. The number of carbonyl (C=O) groups excluding carboxylic acids is 1. The number of benzene rings is 3. The van der Waals surface area contributed by atoms with Crippen LogP contribution in [0.5, 0.6) is 5.75 Å². The molecule has 1 N–H and O–H groups in total. The van der Waals surface area contributed by atoms with Gasteiger partial charge in [-0.2, -0.15) is 11.8 Å². The predicted octanol–water partition coefficient (Wildman–Crippen LogP) is 5.42. The van der Waals surface area contributed by atoms with Gasteiger partial charge in [0.25, 0.3) is 5.91 Å². The Kier molecular flexibility index (Phi) is 8.10. The zero-order valence-electron chi connectivity index (χ0n) is 16.8. The number of hydrogen-bond donors (Lipinski definition) is 1. The minimum atomic E-state index is -0.192. The summed E-state index contributed by atoms with van der Waals surface area (Å²) in [7, 11) is 1.62. The lowest BCUT2D eigenvalue weighted by Crippen LogP contribution is -2.26. The Morgan fingerprint density at radius 3 is 2.40 bits per heavy atom. The summed E-state index contributed by atoms with van der Waals surface area (Å²) >= 11 is 1.59. The molecule has 0 aromatic heterocycles. The molecule has 30 heavy (non-hydrogen) atoms. The topological polar surface area (TPSA) is 38.3 Å². The van der Waals surface area contributed by atoms with Gasteiger partial charge in [0.05, 0.1) is 7.11 Å². The first kappa shape index (κ1) is 21.7. The third-order valence-corrected chi connectivity index (χ3v) is 5.51. The molecule has 3 aromatic rings. The van der Waals surface area contributed by atoms with Gasteiger partial charge in [0, 0.05) is 23.6 Å². The number of methoxy groups -OCH3 is 1. The second-order valence-corrected chi connectivity index (χ2v) is 7.70. The van der Waals surface area contributed by atoms with Crippen LogP contribution in [0.3, 0.4) is 0 Å². The van der Waals surface area contributed by atoms with E-state index in [9.17, 15) is 9.18 Å². The van der Waals surface area contributed by atoms with E-state index in [1.54, 1.807) is 31.0 Å². The number of nitrogens with one attached hydrogen (secondary N) is 1. The highest BCUT2D eigenvalue weighted by atomic mass is 32.2. The molecule has 0 spiro atoms. The van der Waals surface area contributed by atoms with E-state index < -0.39 is 0 Å². The smallest absolute Gasteiger partial charge is 0.251 e. The molecule has 0 unspecified atom stereocenters. The summed E-state index contributed by atoms with van der Waals surface area (Å²) in [4.78, 5) is 12.9. The van der Waals surface area contributed by atoms with Gasteiger partial charge in [0.15, 0.2) is 0 Å². The van der Waals surface area contributed by atoms with Gasteiger partial charge in [-0.3, -0.25) is 4.79 Å². The molecule has 0 fully saturated rings. The lowest BCUT2D eigenvalue weighted by atomic mass is 10.0. The van der Waals surface area contributed by atoms with Crippen LogP contribution in [0.15, 0.2) is 78.9 Å². The maximum atomic E-state index is 13.7. The first-order chi connectivity index (χ1) is 14.7. The minimum Gasteiger partial charge on any atom is -0.497 e. The Balaban J connectivity index is 1.62. The zero-order valence-corrected chi connectivity index (χ0v) is 17.6. The van der Waals surface area contributed by atoms with Crippen molar-refractivity contribution in [3.05, 3.63) is 101 Å². The number of carbonyl (C=O) groups is 1. The van der Waals surface area contributed by atoms with Crippen molar-refractivity contribution in [1.82, 2.24) is 5.32 Å². The molecule has 0 aliphatic heterocycles. The lowest BCUT2D eigenvalue weighted by Gasteiger charge is -2.10. The van der Waals surface area contributed by atoms with E-state index in [4.69, 9.17) is 4.74 Å². The van der Waals surface area contributed by atoms with Gasteiger partial charge in [-0.25, -0.2) is 4.39 Å². The van der Waals surface area contributed by atoms with Gasteiger partial charge in [-0.1, -0.05) is 60.7 Å². The van der Waals surface area contributed by atoms with E-state index in [1.807, 2.05) is 66.7 Å².